The SMILES string of the molecule is CC/C=C\C/C=C\C/C=C\C/C=C\C/C=C\C/C=C\CCCCCCCCCCC(=O)OC(/C=C/CCCCCCCCCCC)C(COP(=O)(O)OCC[N+](C)(C)C)NC(=O)CCCCCCCCCCCCCCCCCCCCC. The first kappa shape index (κ1) is 80.2. The molecule has 9 nitrogen and oxygen atoms in total. The Morgan fingerprint density at radius 3 is 1.16 bits per heavy atom. The van der Waals surface area contributed by atoms with Crippen LogP contribution in [0.3, 0.4) is 0 Å². The van der Waals surface area contributed by atoms with Gasteiger partial charge in [0.15, 0.2) is 0 Å². The third-order valence-corrected chi connectivity index (χ3v) is 16.3. The van der Waals surface area contributed by atoms with Crippen LogP contribution >= 0.6 is 7.82 Å². The molecule has 0 heterocycles. The Morgan fingerprint density at radius 1 is 0.434 bits per heavy atom. The molecule has 0 aromatic heterocycles. The summed E-state index contributed by atoms with van der Waals surface area (Å²) in [6.07, 6.45) is 83.1. The summed E-state index contributed by atoms with van der Waals surface area (Å²) >= 11 is 0. The van der Waals surface area contributed by atoms with E-state index in [2.05, 4.69) is 99.0 Å². The topological polar surface area (TPSA) is 111 Å². The number of esters is 1. The Kier molecular flexibility index (Phi) is 60.1. The molecule has 0 spiro atoms. The van der Waals surface area contributed by atoms with Gasteiger partial charge in [-0.3, -0.25) is 18.6 Å². The van der Waals surface area contributed by atoms with E-state index in [1.807, 2.05) is 33.3 Å². The number of phosphoric ester groups is 1. The minimum absolute atomic E-state index is 0.0375. The summed E-state index contributed by atoms with van der Waals surface area (Å²) in [6, 6.07) is -0.854. The molecule has 83 heavy (non-hydrogen) atoms. The smallest absolute Gasteiger partial charge is 0.456 e. The Hall–Kier alpha value is -2.81. The van der Waals surface area contributed by atoms with E-state index >= 15 is 0 Å². The van der Waals surface area contributed by atoms with Crippen LogP contribution in [0.2, 0.25) is 0 Å². The molecule has 3 unspecified atom stereocenters. The highest BCUT2D eigenvalue weighted by Crippen LogP contribution is 2.43. The van der Waals surface area contributed by atoms with Crippen molar-refractivity contribution in [3.63, 3.8) is 0 Å². The van der Waals surface area contributed by atoms with Crippen molar-refractivity contribution in [2.45, 2.75) is 328 Å². The number of allylic oxidation sites excluding steroid dienone is 13. The van der Waals surface area contributed by atoms with Gasteiger partial charge >= 0.3 is 13.8 Å². The first-order valence-electron chi connectivity index (χ1n) is 34.9. The molecular formula is C73H134N2O7P+. The number of nitrogens with one attached hydrogen (secondary N) is 1. The summed E-state index contributed by atoms with van der Waals surface area (Å²) in [6.45, 7) is 6.92. The van der Waals surface area contributed by atoms with Crippen LogP contribution in [-0.2, 0) is 27.9 Å². The van der Waals surface area contributed by atoms with Gasteiger partial charge in [0, 0.05) is 12.8 Å². The van der Waals surface area contributed by atoms with Crippen LogP contribution in [0.25, 0.3) is 0 Å². The maximum absolute atomic E-state index is 13.6. The molecule has 2 N–H and O–H groups in total. The van der Waals surface area contributed by atoms with E-state index in [9.17, 15) is 19.0 Å². The number of quaternary nitrogens is 1. The number of phosphoric acid groups is 1. The number of hydrogen-bond donors (Lipinski definition) is 2. The van der Waals surface area contributed by atoms with Gasteiger partial charge in [0.05, 0.1) is 33.8 Å². The van der Waals surface area contributed by atoms with E-state index in [1.165, 1.54) is 173 Å². The van der Waals surface area contributed by atoms with Gasteiger partial charge in [0.1, 0.15) is 19.3 Å². The number of carbonyl (C=O) groups excluding carboxylic acids is 2. The van der Waals surface area contributed by atoms with Gasteiger partial charge in [-0.2, -0.15) is 0 Å². The lowest BCUT2D eigenvalue weighted by Crippen LogP contribution is -2.47. The fourth-order valence-corrected chi connectivity index (χ4v) is 10.7. The van der Waals surface area contributed by atoms with E-state index in [-0.39, 0.29) is 31.5 Å². The number of ether oxygens (including phenoxy) is 1. The molecule has 0 saturated carbocycles. The van der Waals surface area contributed by atoms with Crippen LogP contribution in [0.4, 0.5) is 0 Å². The molecule has 10 heteroatoms. The second kappa shape index (κ2) is 62.2. The molecule has 1 amide bonds. The van der Waals surface area contributed by atoms with Crippen molar-refractivity contribution in [2.75, 3.05) is 40.9 Å². The molecule has 0 aliphatic heterocycles. The van der Waals surface area contributed by atoms with Gasteiger partial charge in [-0.15, -0.1) is 0 Å². The molecule has 0 aromatic carbocycles. The highest BCUT2D eigenvalue weighted by molar-refractivity contribution is 7.47. The highest BCUT2D eigenvalue weighted by atomic mass is 31.2. The predicted octanol–water partition coefficient (Wildman–Crippen LogP) is 22.1. The zero-order valence-electron chi connectivity index (χ0n) is 55.2. The number of carbonyl (C=O) groups is 2. The Morgan fingerprint density at radius 2 is 0.771 bits per heavy atom. The van der Waals surface area contributed by atoms with Crippen LogP contribution in [0, 0.1) is 0 Å². The van der Waals surface area contributed by atoms with Gasteiger partial charge in [-0.05, 0) is 83.1 Å². The van der Waals surface area contributed by atoms with E-state index in [4.69, 9.17) is 13.8 Å². The number of likely N-dealkylation sites (N-methyl/N-ethyl adjacent to an activating group) is 1. The van der Waals surface area contributed by atoms with Gasteiger partial charge < -0.3 is 19.4 Å². The Bertz CT molecular complexity index is 1700. The second-order valence-corrected chi connectivity index (χ2v) is 26.1. The molecule has 0 rings (SSSR count). The van der Waals surface area contributed by atoms with Gasteiger partial charge in [0.2, 0.25) is 5.91 Å². The van der Waals surface area contributed by atoms with Crippen LogP contribution in [0.15, 0.2) is 85.1 Å². The van der Waals surface area contributed by atoms with Crippen molar-refractivity contribution in [2.24, 2.45) is 0 Å². The molecule has 0 fully saturated rings. The first-order chi connectivity index (χ1) is 40.4. The van der Waals surface area contributed by atoms with E-state index < -0.39 is 20.0 Å². The molecule has 0 aliphatic rings. The van der Waals surface area contributed by atoms with E-state index in [0.717, 1.165) is 109 Å². The monoisotopic (exact) mass is 1180 g/mol. The number of nitrogens with zero attached hydrogens (tertiary/aromatic N) is 1. The maximum Gasteiger partial charge on any atom is 0.472 e. The summed E-state index contributed by atoms with van der Waals surface area (Å²) < 4.78 is 30.8. The Balaban J connectivity index is 5.05. The molecule has 0 aliphatic carbocycles. The van der Waals surface area contributed by atoms with Crippen molar-refractivity contribution in [3.05, 3.63) is 85.1 Å². The lowest BCUT2D eigenvalue weighted by atomic mass is 10.0. The third-order valence-electron chi connectivity index (χ3n) is 15.3. The zero-order chi connectivity index (χ0) is 60.7. The lowest BCUT2D eigenvalue weighted by Gasteiger charge is -2.27. The van der Waals surface area contributed by atoms with Crippen LogP contribution in [0.1, 0.15) is 316 Å². The van der Waals surface area contributed by atoms with Crippen LogP contribution in [0.5, 0.6) is 0 Å². The third kappa shape index (κ3) is 63.5. The first-order valence-corrected chi connectivity index (χ1v) is 36.4. The van der Waals surface area contributed by atoms with Gasteiger partial charge in [-0.1, -0.05) is 305 Å². The van der Waals surface area contributed by atoms with E-state index in [0.29, 0.717) is 17.4 Å². The number of rotatable bonds is 63. The maximum atomic E-state index is 13.6. The average Bonchev–Trinajstić information content (AvgIpc) is 3.51. The largest absolute Gasteiger partial charge is 0.472 e. The summed E-state index contributed by atoms with van der Waals surface area (Å²) in [5.41, 5.74) is 0. The molecule has 0 radical (unpaired) electrons. The standard InChI is InChI=1S/C73H133N2O7P/c1-7-10-13-16-19-22-25-27-29-31-33-34-35-36-37-38-39-40-42-44-46-48-51-54-57-60-63-66-73(77)82-71(64-61-58-55-52-49-24-21-18-15-12-9-3)70(69-81-83(78,79)80-68-67-75(4,5)6)74-72(76)65-62-59-56-53-50-47-45-43-41-32-30-28-26-23-20-17-14-11-8-2/h10,13,19,22,27,29,33-34,36-37,39-40,61,64,70-71H,7-9,11-12,14-18,20-21,23-26,28,30-32,35,38,41-60,62-63,65-69H2,1-6H3,(H-,74,76,78,79)/p+1/b13-10-,22-19-,29-27-,34-33-,37-36-,40-39-,64-61+. The highest BCUT2D eigenvalue weighted by Gasteiger charge is 2.30. The van der Waals surface area contributed by atoms with Crippen molar-refractivity contribution in [1.29, 1.82) is 0 Å². The fraction of sp³-hybridized carbons (Fsp3) is 0.781. The predicted molar refractivity (Wildman–Crippen MR) is 360 cm³/mol. The molecular weight excluding hydrogens is 1050 g/mol. The number of hydrogen-bond acceptors (Lipinski definition) is 6. The summed E-state index contributed by atoms with van der Waals surface area (Å²) in [4.78, 5) is 37.8. The van der Waals surface area contributed by atoms with Crippen molar-refractivity contribution < 1.29 is 37.3 Å². The fourth-order valence-electron chi connectivity index (χ4n) is 10.0. The zero-order valence-corrected chi connectivity index (χ0v) is 56.1. The molecule has 0 saturated heterocycles. The average molecular weight is 1180 g/mol. The number of amides is 1. The molecule has 482 valence electrons. The van der Waals surface area contributed by atoms with Crippen LogP contribution in [-0.4, -0.2) is 74.3 Å². The normalized spacial score (nSPS) is 14.1. The quantitative estimate of drug-likeness (QED) is 0.0205. The van der Waals surface area contributed by atoms with Gasteiger partial charge in [0.25, 0.3) is 0 Å². The van der Waals surface area contributed by atoms with Crippen molar-refractivity contribution >= 4 is 19.7 Å². The molecule has 0 aromatic rings. The Labute approximate surface area is 514 Å². The summed E-state index contributed by atoms with van der Waals surface area (Å²) in [7, 11) is 1.49. The van der Waals surface area contributed by atoms with Crippen molar-refractivity contribution in [3.8, 4) is 0 Å². The summed E-state index contributed by atoms with van der Waals surface area (Å²) in [5, 5.41) is 3.07. The lowest BCUT2D eigenvalue weighted by molar-refractivity contribution is -0.870. The minimum atomic E-state index is -4.46. The molecule has 3 atom stereocenters. The van der Waals surface area contributed by atoms with Gasteiger partial charge in [-0.25, -0.2) is 4.57 Å². The van der Waals surface area contributed by atoms with Crippen molar-refractivity contribution in [1.82, 2.24) is 5.32 Å². The minimum Gasteiger partial charge on any atom is -0.456 e. The summed E-state index contributed by atoms with van der Waals surface area (Å²) in [5.74, 6) is -0.507. The van der Waals surface area contributed by atoms with E-state index in [1.54, 1.807) is 0 Å². The number of unbranched alkanes of at least 4 members (excludes halogenated alkanes) is 35. The molecule has 0 bridgehead atoms. The second-order valence-electron chi connectivity index (χ2n) is 24.7. The van der Waals surface area contributed by atoms with Crippen LogP contribution < -0.4 is 5.32 Å².